The van der Waals surface area contributed by atoms with Gasteiger partial charge in [-0.2, -0.15) is 0 Å². The Balaban J connectivity index is -0.0000000208. The average Bonchev–Trinajstić information content (AvgIpc) is 1.36. The van der Waals surface area contributed by atoms with Crippen LogP contribution in [0, 0.1) is 0 Å². The molecule has 0 unspecified atom stereocenters. The minimum atomic E-state index is -1.82. The van der Waals surface area contributed by atoms with Crippen LogP contribution in [0.4, 0.5) is 0 Å². The van der Waals surface area contributed by atoms with Crippen molar-refractivity contribution in [3.05, 3.63) is 0 Å². The Morgan fingerprint density at radius 2 is 0.800 bits per heavy atom. The van der Waals surface area contributed by atoms with E-state index in [1.165, 1.54) is 0 Å². The van der Waals surface area contributed by atoms with E-state index < -0.39 is 11.9 Å². The van der Waals surface area contributed by atoms with Gasteiger partial charge in [-0.15, -0.1) is 0 Å². The molecule has 0 spiro atoms. The summed E-state index contributed by atoms with van der Waals surface area (Å²) in [5, 5.41) is 14.8. The molecule has 0 aromatic rings. The molecule has 0 saturated heterocycles. The van der Waals surface area contributed by atoms with Crippen LogP contribution in [0.3, 0.4) is 0 Å². The van der Waals surface area contributed by atoms with Crippen LogP contribution in [0.15, 0.2) is 0 Å². The Labute approximate surface area is 229 Å². The van der Waals surface area contributed by atoms with E-state index in [1.807, 2.05) is 0 Å². The number of hydrogen-bond donors (Lipinski definition) is 2. The zero-order chi connectivity index (χ0) is 5.15. The molecule has 0 aromatic carbocycles. The van der Waals surface area contributed by atoms with Crippen LogP contribution in [-0.4, -0.2) is 228 Å². The SMILES string of the molecule is O=C(O)C(=O)O.[KH].[KH].[KH].[KH]. The second-order valence-corrected chi connectivity index (χ2v) is 0.610. The molecule has 0 aliphatic rings. The van der Waals surface area contributed by atoms with Crippen molar-refractivity contribution in [2.45, 2.75) is 0 Å². The zero-order valence-electron chi connectivity index (χ0n) is 2.71. The Bertz CT molecular complexity index is 81.3. The van der Waals surface area contributed by atoms with Crippen molar-refractivity contribution in [3.63, 3.8) is 0 Å². The minimum absolute atomic E-state index is 0. The summed E-state index contributed by atoms with van der Waals surface area (Å²) in [4.78, 5) is 18.2. The molecule has 0 aliphatic heterocycles. The third-order valence-corrected chi connectivity index (χ3v) is 0.183. The second-order valence-electron chi connectivity index (χ2n) is 0.610. The second kappa shape index (κ2) is 20.0. The summed E-state index contributed by atoms with van der Waals surface area (Å²) in [5.41, 5.74) is 0. The molecule has 0 aromatic heterocycles. The molecule has 0 rings (SSSR count). The van der Waals surface area contributed by atoms with Gasteiger partial charge in [0, 0.05) is 0 Å². The fraction of sp³-hybridized carbons (Fsp3) is 0. The van der Waals surface area contributed by atoms with Crippen molar-refractivity contribution in [3.8, 4) is 0 Å². The molecule has 4 nitrogen and oxygen atoms in total. The molecule has 42 valence electrons. The quantitative estimate of drug-likeness (QED) is 0.347. The van der Waals surface area contributed by atoms with E-state index in [0.717, 1.165) is 0 Å². The van der Waals surface area contributed by atoms with E-state index in [0.29, 0.717) is 0 Å². The molecule has 0 amide bonds. The average molecular weight is 250 g/mol. The first-order valence-corrected chi connectivity index (χ1v) is 1.11. The number of hydrogen-bond acceptors (Lipinski definition) is 2. The summed E-state index contributed by atoms with van der Waals surface area (Å²) >= 11 is 0. The molecular formula is C2H6K4O4. The van der Waals surface area contributed by atoms with Crippen LogP contribution >= 0.6 is 0 Å². The molecule has 8 heteroatoms. The number of carboxylic acids is 2. The fourth-order valence-corrected chi connectivity index (χ4v) is 0. The third kappa shape index (κ3) is 23.4. The Hall–Kier alpha value is 5.49. The molecule has 0 aliphatic carbocycles. The maximum atomic E-state index is 9.10. The van der Waals surface area contributed by atoms with Gasteiger partial charge < -0.3 is 10.2 Å². The summed E-state index contributed by atoms with van der Waals surface area (Å²) in [6.45, 7) is 0. The Morgan fingerprint density at radius 1 is 0.700 bits per heavy atom. The maximum absolute atomic E-state index is 9.10. The first-order valence-electron chi connectivity index (χ1n) is 1.11. The zero-order valence-corrected chi connectivity index (χ0v) is 2.71. The Kier molecular flexibility index (Phi) is 59.0. The van der Waals surface area contributed by atoms with Gasteiger partial charge in [0.25, 0.3) is 0 Å². The van der Waals surface area contributed by atoms with Crippen LogP contribution in [0.5, 0.6) is 0 Å². The number of carbonyl (C=O) groups is 2. The molecular weight excluding hydrogens is 244 g/mol. The number of rotatable bonds is 0. The van der Waals surface area contributed by atoms with E-state index >= 15 is 0 Å². The molecule has 0 bridgehead atoms. The summed E-state index contributed by atoms with van der Waals surface area (Å²) < 4.78 is 0. The predicted molar refractivity (Wildman–Crippen MR) is 43.9 cm³/mol. The first-order chi connectivity index (χ1) is 2.64. The van der Waals surface area contributed by atoms with Crippen LogP contribution in [-0.2, 0) is 9.59 Å². The van der Waals surface area contributed by atoms with Gasteiger partial charge in [0.2, 0.25) is 0 Å². The van der Waals surface area contributed by atoms with Crippen molar-refractivity contribution in [2.75, 3.05) is 0 Å². The molecule has 0 atom stereocenters. The topological polar surface area (TPSA) is 74.6 Å². The van der Waals surface area contributed by atoms with Crippen molar-refractivity contribution < 1.29 is 19.8 Å². The van der Waals surface area contributed by atoms with Gasteiger partial charge in [0.15, 0.2) is 0 Å². The molecule has 2 N–H and O–H groups in total. The van der Waals surface area contributed by atoms with Crippen molar-refractivity contribution in [1.29, 1.82) is 0 Å². The summed E-state index contributed by atoms with van der Waals surface area (Å²) in [6.07, 6.45) is 0. The number of carboxylic acid groups (broad SMARTS) is 2. The van der Waals surface area contributed by atoms with Crippen molar-refractivity contribution in [2.24, 2.45) is 0 Å². The van der Waals surface area contributed by atoms with E-state index in [9.17, 15) is 0 Å². The Morgan fingerprint density at radius 3 is 0.800 bits per heavy atom. The number of aliphatic carboxylic acids is 2. The van der Waals surface area contributed by atoms with Gasteiger partial charge in [-0.3, -0.25) is 0 Å². The fourth-order valence-electron chi connectivity index (χ4n) is 0. The van der Waals surface area contributed by atoms with E-state index in [-0.39, 0.29) is 206 Å². The van der Waals surface area contributed by atoms with E-state index in [1.54, 1.807) is 0 Å². The van der Waals surface area contributed by atoms with Crippen molar-refractivity contribution >= 4 is 217 Å². The molecule has 0 saturated carbocycles. The van der Waals surface area contributed by atoms with Crippen LogP contribution in [0.2, 0.25) is 0 Å². The predicted octanol–water partition coefficient (Wildman–Crippen LogP) is -3.44. The van der Waals surface area contributed by atoms with Gasteiger partial charge in [-0.05, 0) is 0 Å². The van der Waals surface area contributed by atoms with Crippen LogP contribution in [0.1, 0.15) is 0 Å². The van der Waals surface area contributed by atoms with Crippen LogP contribution in [0.25, 0.3) is 0 Å². The van der Waals surface area contributed by atoms with Gasteiger partial charge in [-0.25, -0.2) is 9.59 Å². The monoisotopic (exact) mass is 250 g/mol. The molecule has 0 heterocycles. The summed E-state index contributed by atoms with van der Waals surface area (Å²) in [6, 6.07) is 0. The van der Waals surface area contributed by atoms with Crippen molar-refractivity contribution in [1.82, 2.24) is 0 Å². The summed E-state index contributed by atoms with van der Waals surface area (Å²) in [5.74, 6) is -3.65. The van der Waals surface area contributed by atoms with Gasteiger partial charge in [-0.1, -0.05) is 0 Å². The van der Waals surface area contributed by atoms with Gasteiger partial charge >= 0.3 is 217 Å². The normalized spacial score (nSPS) is 4.40. The third-order valence-electron chi connectivity index (χ3n) is 0.183. The first kappa shape index (κ1) is 29.6. The van der Waals surface area contributed by atoms with Crippen LogP contribution < -0.4 is 0 Å². The van der Waals surface area contributed by atoms with E-state index in [2.05, 4.69) is 0 Å². The molecule has 0 fully saturated rings. The van der Waals surface area contributed by atoms with Gasteiger partial charge in [0.1, 0.15) is 0 Å². The molecule has 10 heavy (non-hydrogen) atoms. The molecule has 0 radical (unpaired) electrons. The standard InChI is InChI=1S/C2H2O4.4K.4H/c3-1(4)2(5)6;;;;;;;;/h(H,3,4)(H,5,6);;;;;;;;. The summed E-state index contributed by atoms with van der Waals surface area (Å²) in [7, 11) is 0. The van der Waals surface area contributed by atoms with Gasteiger partial charge in [0.05, 0.1) is 0 Å². The van der Waals surface area contributed by atoms with E-state index in [4.69, 9.17) is 19.8 Å².